The number of amides is 1. The molecule has 9 heteroatoms. The van der Waals surface area contributed by atoms with Gasteiger partial charge in [-0.15, -0.1) is 0 Å². The van der Waals surface area contributed by atoms with Crippen LogP contribution in [0.25, 0.3) is 0 Å². The summed E-state index contributed by atoms with van der Waals surface area (Å²) in [5, 5.41) is 4.28. The van der Waals surface area contributed by atoms with Crippen LogP contribution in [0.2, 0.25) is 5.02 Å². The number of methoxy groups -OCH3 is 1. The van der Waals surface area contributed by atoms with Crippen LogP contribution >= 0.6 is 11.6 Å². The van der Waals surface area contributed by atoms with Crippen LogP contribution in [0.3, 0.4) is 0 Å². The predicted octanol–water partition coefficient (Wildman–Crippen LogP) is 5.79. The average molecular weight is 513 g/mol. The minimum Gasteiger partial charge on any atom is -0.493 e. The zero-order valence-electron chi connectivity index (χ0n) is 19.9. The van der Waals surface area contributed by atoms with Crippen molar-refractivity contribution < 1.29 is 28.1 Å². The normalized spacial score (nSPS) is 10.7. The second kappa shape index (κ2) is 13.2. The van der Waals surface area contributed by atoms with Crippen molar-refractivity contribution >= 4 is 23.7 Å². The Balaban J connectivity index is 1.68. The number of carbonyl (C=O) groups is 1. The van der Waals surface area contributed by atoms with Crippen molar-refractivity contribution in [1.82, 2.24) is 5.43 Å². The molecular formula is C27H26ClFN2O5. The van der Waals surface area contributed by atoms with Gasteiger partial charge in [-0.05, 0) is 60.5 Å². The van der Waals surface area contributed by atoms with Crippen LogP contribution in [0.1, 0.15) is 28.4 Å². The summed E-state index contributed by atoms with van der Waals surface area (Å²) >= 11 is 6.39. The van der Waals surface area contributed by atoms with E-state index in [1.54, 1.807) is 48.5 Å². The lowest BCUT2D eigenvalue weighted by Gasteiger charge is -2.13. The summed E-state index contributed by atoms with van der Waals surface area (Å²) in [6.07, 6.45) is 3.04. The lowest BCUT2D eigenvalue weighted by Crippen LogP contribution is -2.17. The summed E-state index contributed by atoms with van der Waals surface area (Å²) in [4.78, 5) is 12.6. The zero-order chi connectivity index (χ0) is 25.9. The largest absolute Gasteiger partial charge is 0.493 e. The van der Waals surface area contributed by atoms with E-state index in [1.807, 2.05) is 6.92 Å². The number of halogens is 2. The maximum Gasteiger partial charge on any atom is 0.271 e. The molecule has 0 atom stereocenters. The number of ether oxygens (including phenoxy) is 4. The molecule has 1 N–H and O–H groups in total. The van der Waals surface area contributed by atoms with Gasteiger partial charge in [0.05, 0.1) is 25.0 Å². The molecule has 0 radical (unpaired) electrons. The van der Waals surface area contributed by atoms with Crippen molar-refractivity contribution in [3.8, 4) is 23.0 Å². The molecule has 7 nitrogen and oxygen atoms in total. The first-order valence-corrected chi connectivity index (χ1v) is 11.4. The van der Waals surface area contributed by atoms with E-state index in [0.717, 1.165) is 0 Å². The van der Waals surface area contributed by atoms with E-state index in [0.29, 0.717) is 52.9 Å². The third kappa shape index (κ3) is 7.23. The second-order valence-corrected chi connectivity index (χ2v) is 7.75. The number of benzene rings is 3. The van der Waals surface area contributed by atoms with Crippen molar-refractivity contribution in [3.63, 3.8) is 0 Å². The topological polar surface area (TPSA) is 78.4 Å². The van der Waals surface area contributed by atoms with Gasteiger partial charge in [0.2, 0.25) is 0 Å². The average Bonchev–Trinajstić information content (AvgIpc) is 2.87. The Hall–Kier alpha value is -4.04. The van der Waals surface area contributed by atoms with Crippen LogP contribution in [0.15, 0.2) is 72.4 Å². The number of carbonyl (C=O) groups excluding carboxylic acids is 1. The number of nitrogens with one attached hydrogen (secondary N) is 1. The van der Waals surface area contributed by atoms with Crippen molar-refractivity contribution in [2.24, 2.45) is 5.10 Å². The van der Waals surface area contributed by atoms with E-state index in [1.165, 1.54) is 25.5 Å². The Morgan fingerprint density at radius 3 is 2.64 bits per heavy atom. The van der Waals surface area contributed by atoms with Crippen molar-refractivity contribution in [2.45, 2.75) is 13.5 Å². The van der Waals surface area contributed by atoms with Crippen LogP contribution in [0.4, 0.5) is 4.39 Å². The van der Waals surface area contributed by atoms with Crippen molar-refractivity contribution in [1.29, 1.82) is 0 Å². The number of rotatable bonds is 12. The fraction of sp³-hybridized carbons (Fsp3) is 0.185. The van der Waals surface area contributed by atoms with Gasteiger partial charge in [0.1, 0.15) is 19.0 Å². The van der Waals surface area contributed by atoms with Gasteiger partial charge >= 0.3 is 0 Å². The van der Waals surface area contributed by atoms with E-state index >= 15 is 0 Å². The molecular weight excluding hydrogens is 487 g/mol. The molecule has 0 bridgehead atoms. The fourth-order valence-corrected chi connectivity index (χ4v) is 3.43. The molecule has 3 rings (SSSR count). The van der Waals surface area contributed by atoms with E-state index in [4.69, 9.17) is 30.5 Å². The highest BCUT2D eigenvalue weighted by molar-refractivity contribution is 6.32. The highest BCUT2D eigenvalue weighted by Crippen LogP contribution is 2.36. The Morgan fingerprint density at radius 1 is 1.08 bits per heavy atom. The number of hydrazone groups is 1. The lowest BCUT2D eigenvalue weighted by molar-refractivity contribution is 0.0954. The van der Waals surface area contributed by atoms with Gasteiger partial charge in [0.25, 0.3) is 5.91 Å². The minimum absolute atomic E-state index is 0.110. The highest BCUT2D eigenvalue weighted by Gasteiger charge is 2.13. The molecule has 0 heterocycles. The molecule has 3 aromatic rings. The van der Waals surface area contributed by atoms with Crippen LogP contribution in [-0.4, -0.2) is 32.4 Å². The van der Waals surface area contributed by atoms with E-state index in [-0.39, 0.29) is 17.4 Å². The van der Waals surface area contributed by atoms with Crippen molar-refractivity contribution in [3.05, 3.63) is 94.8 Å². The number of hydrogen-bond donors (Lipinski definition) is 1. The van der Waals surface area contributed by atoms with E-state index in [2.05, 4.69) is 17.1 Å². The Kier molecular flexibility index (Phi) is 9.71. The molecule has 188 valence electrons. The van der Waals surface area contributed by atoms with Crippen LogP contribution < -0.4 is 24.4 Å². The van der Waals surface area contributed by atoms with Gasteiger partial charge in [-0.1, -0.05) is 36.4 Å². The van der Waals surface area contributed by atoms with E-state index in [9.17, 15) is 9.18 Å². The monoisotopic (exact) mass is 512 g/mol. The van der Waals surface area contributed by atoms with Crippen LogP contribution in [-0.2, 0) is 6.61 Å². The Labute approximate surface area is 214 Å². The summed E-state index contributed by atoms with van der Waals surface area (Å²) in [7, 11) is 1.47. The molecule has 36 heavy (non-hydrogen) atoms. The number of nitrogens with zero attached hydrogens (tertiary/aromatic N) is 1. The lowest BCUT2D eigenvalue weighted by atomic mass is 10.2. The summed E-state index contributed by atoms with van der Waals surface area (Å²) in [6.45, 7) is 6.30. The van der Waals surface area contributed by atoms with Gasteiger partial charge in [-0.3, -0.25) is 4.79 Å². The molecule has 0 spiro atoms. The summed E-state index contributed by atoms with van der Waals surface area (Å²) in [5.74, 6) is 0.846. The third-order valence-electron chi connectivity index (χ3n) is 4.77. The summed E-state index contributed by atoms with van der Waals surface area (Å²) < 4.78 is 35.7. The van der Waals surface area contributed by atoms with Gasteiger partial charge in [0.15, 0.2) is 23.0 Å². The molecule has 0 fully saturated rings. The highest BCUT2D eigenvalue weighted by atomic mass is 35.5. The molecule has 0 aliphatic heterocycles. The predicted molar refractivity (Wildman–Crippen MR) is 137 cm³/mol. The molecule has 0 aromatic heterocycles. The SMILES string of the molecule is C=CCOc1ccc(C(=O)N/N=C/c2cc(Cl)c(OCc3cccc(F)c3)c(OC)c2)cc1OCC. The molecule has 3 aromatic carbocycles. The van der Waals surface area contributed by atoms with Gasteiger partial charge in [-0.2, -0.15) is 5.10 Å². The smallest absolute Gasteiger partial charge is 0.271 e. The van der Waals surface area contributed by atoms with E-state index < -0.39 is 5.91 Å². The summed E-state index contributed by atoms with van der Waals surface area (Å²) in [6, 6.07) is 14.2. The summed E-state index contributed by atoms with van der Waals surface area (Å²) in [5.41, 5.74) is 4.03. The minimum atomic E-state index is -0.435. The van der Waals surface area contributed by atoms with Crippen molar-refractivity contribution in [2.75, 3.05) is 20.3 Å². The molecule has 0 saturated carbocycles. The van der Waals surface area contributed by atoms with Crippen LogP contribution in [0.5, 0.6) is 23.0 Å². The maximum atomic E-state index is 13.4. The quantitative estimate of drug-likeness (QED) is 0.189. The zero-order valence-corrected chi connectivity index (χ0v) is 20.7. The Bertz CT molecular complexity index is 1250. The molecule has 1 amide bonds. The standard InChI is InChI=1S/C27H26ClFN2O5/c1-4-11-35-23-10-9-20(15-24(23)34-5-2)27(32)31-30-16-19-13-22(28)26(25(14-19)33-3)36-17-18-7-6-8-21(29)12-18/h4,6-10,12-16H,1,5,11,17H2,2-3H3,(H,31,32)/b30-16+. The van der Waals surface area contributed by atoms with Gasteiger partial charge in [0, 0.05) is 5.56 Å². The number of hydrogen-bond acceptors (Lipinski definition) is 6. The molecule has 0 aliphatic rings. The second-order valence-electron chi connectivity index (χ2n) is 7.35. The van der Waals surface area contributed by atoms with Crippen LogP contribution in [0, 0.1) is 5.82 Å². The maximum absolute atomic E-state index is 13.4. The first-order chi connectivity index (χ1) is 17.4. The molecule has 0 unspecified atom stereocenters. The fourth-order valence-electron chi connectivity index (χ4n) is 3.15. The molecule has 0 saturated heterocycles. The van der Waals surface area contributed by atoms with Gasteiger partial charge in [-0.25, -0.2) is 9.82 Å². The van der Waals surface area contributed by atoms with Gasteiger partial charge < -0.3 is 18.9 Å². The first-order valence-electron chi connectivity index (χ1n) is 11.0. The Morgan fingerprint density at radius 2 is 1.92 bits per heavy atom. The first kappa shape index (κ1) is 26.6. The third-order valence-corrected chi connectivity index (χ3v) is 5.05. The molecule has 0 aliphatic carbocycles.